The number of amides is 2. The molecular weight excluding hydrogens is 550 g/mol. The molecule has 0 N–H and O–H groups in total. The van der Waals surface area contributed by atoms with Gasteiger partial charge in [0.05, 0.1) is 22.3 Å². The van der Waals surface area contributed by atoms with Crippen LogP contribution >= 0.6 is 0 Å². The lowest BCUT2D eigenvalue weighted by Crippen LogP contribution is -2.37. The molecule has 0 saturated carbocycles. The maximum atomic E-state index is 13.7. The van der Waals surface area contributed by atoms with E-state index in [9.17, 15) is 28.1 Å². The van der Waals surface area contributed by atoms with Gasteiger partial charge in [-0.25, -0.2) is 9.96 Å². The Kier molecular flexibility index (Phi) is 6.48. The lowest BCUT2D eigenvalue weighted by molar-refractivity contribution is -0.384. The quantitative estimate of drug-likeness (QED) is 0.137. The number of non-ortho nitro benzene ring substituents is 1. The molecule has 41 heavy (non-hydrogen) atoms. The smallest absolute Gasteiger partial charge is 0.339 e. The van der Waals surface area contributed by atoms with Crippen LogP contribution in [0.25, 0.3) is 0 Å². The molecule has 2 fully saturated rings. The fraction of sp³-hybridized carbons (Fsp3) is 0.103. The Morgan fingerprint density at radius 2 is 1.41 bits per heavy atom. The number of imide groups is 1. The van der Waals surface area contributed by atoms with Crippen LogP contribution < -0.4 is 14.1 Å². The number of nitro groups is 1. The molecule has 2 heterocycles. The molecule has 0 radical (unpaired) electrons. The van der Waals surface area contributed by atoms with E-state index < -0.39 is 44.9 Å². The molecule has 4 aromatic rings. The number of nitro benzene ring substituents is 1. The molecular formula is C29H21N3O8S. The highest BCUT2D eigenvalue weighted by atomic mass is 32.2. The van der Waals surface area contributed by atoms with E-state index in [1.807, 2.05) is 0 Å². The lowest BCUT2D eigenvalue weighted by Gasteiger charge is -2.28. The zero-order chi connectivity index (χ0) is 28.7. The van der Waals surface area contributed by atoms with Gasteiger partial charge in [0, 0.05) is 12.1 Å². The summed E-state index contributed by atoms with van der Waals surface area (Å²) < 4.78 is 30.6. The highest BCUT2D eigenvalue weighted by Crippen LogP contribution is 2.48. The number of carbonyl (C=O) groups excluding carboxylic acids is 2. The van der Waals surface area contributed by atoms with E-state index in [2.05, 4.69) is 0 Å². The van der Waals surface area contributed by atoms with Crippen molar-refractivity contribution < 1.29 is 32.0 Å². The number of fused-ring (bicyclic) bond motifs is 1. The van der Waals surface area contributed by atoms with Gasteiger partial charge in [-0.15, -0.1) is 0 Å². The number of para-hydroxylation sites is 1. The van der Waals surface area contributed by atoms with Gasteiger partial charge in [-0.2, -0.15) is 8.42 Å². The molecule has 12 heteroatoms. The zero-order valence-electron chi connectivity index (χ0n) is 21.1. The Morgan fingerprint density at radius 3 is 2.07 bits per heavy atom. The number of anilines is 2. The molecule has 11 nitrogen and oxygen atoms in total. The van der Waals surface area contributed by atoms with Crippen molar-refractivity contribution in [2.45, 2.75) is 17.0 Å². The highest BCUT2D eigenvalue weighted by Gasteiger charge is 2.60. The van der Waals surface area contributed by atoms with Crippen LogP contribution in [0.2, 0.25) is 0 Å². The van der Waals surface area contributed by atoms with Crippen LogP contribution in [0.4, 0.5) is 17.1 Å². The van der Waals surface area contributed by atoms with Crippen LogP contribution in [0.5, 0.6) is 5.75 Å². The molecule has 0 bridgehead atoms. The number of carbonyl (C=O) groups is 2. The fourth-order valence-corrected chi connectivity index (χ4v) is 5.99. The third-order valence-electron chi connectivity index (χ3n) is 6.88. The first-order chi connectivity index (χ1) is 19.7. The van der Waals surface area contributed by atoms with Gasteiger partial charge in [0.25, 0.3) is 11.6 Å². The Hall–Kier alpha value is -5.07. The third-order valence-corrected chi connectivity index (χ3v) is 8.15. The van der Waals surface area contributed by atoms with Gasteiger partial charge in [-0.3, -0.25) is 24.5 Å². The summed E-state index contributed by atoms with van der Waals surface area (Å²) in [5.41, 5.74) is 0.985. The summed E-state index contributed by atoms with van der Waals surface area (Å²) in [5.74, 6) is -1.99. The van der Waals surface area contributed by atoms with Crippen molar-refractivity contribution >= 4 is 39.0 Å². The minimum atomic E-state index is -4.08. The van der Waals surface area contributed by atoms with Crippen LogP contribution in [0.3, 0.4) is 0 Å². The van der Waals surface area contributed by atoms with Crippen molar-refractivity contribution in [2.24, 2.45) is 5.92 Å². The summed E-state index contributed by atoms with van der Waals surface area (Å²) in [7, 11) is -4.08. The first-order valence-corrected chi connectivity index (χ1v) is 13.9. The van der Waals surface area contributed by atoms with Gasteiger partial charge < -0.3 is 4.18 Å². The van der Waals surface area contributed by atoms with Gasteiger partial charge in [-0.05, 0) is 48.0 Å². The number of hydrogen-bond donors (Lipinski definition) is 0. The summed E-state index contributed by atoms with van der Waals surface area (Å²) in [6, 6.07) is 27.0. The number of nitrogens with zero attached hydrogens (tertiary/aromatic N) is 3. The van der Waals surface area contributed by atoms with Gasteiger partial charge in [0.1, 0.15) is 16.6 Å². The summed E-state index contributed by atoms with van der Waals surface area (Å²) >= 11 is 0. The van der Waals surface area contributed by atoms with E-state index in [0.29, 0.717) is 11.3 Å². The normalized spacial score (nSPS) is 20.2. The van der Waals surface area contributed by atoms with Crippen molar-refractivity contribution in [2.75, 3.05) is 9.96 Å². The van der Waals surface area contributed by atoms with Gasteiger partial charge in [0.2, 0.25) is 5.91 Å². The first kappa shape index (κ1) is 26.2. The van der Waals surface area contributed by atoms with Crippen molar-refractivity contribution in [1.82, 2.24) is 0 Å². The molecule has 0 spiro atoms. The number of benzene rings is 4. The van der Waals surface area contributed by atoms with E-state index in [1.54, 1.807) is 66.7 Å². The van der Waals surface area contributed by atoms with Crippen LogP contribution in [0, 0.1) is 16.0 Å². The Morgan fingerprint density at radius 1 is 0.780 bits per heavy atom. The van der Waals surface area contributed by atoms with Crippen molar-refractivity contribution in [3.8, 4) is 5.75 Å². The average Bonchev–Trinajstić information content (AvgIpc) is 3.49. The van der Waals surface area contributed by atoms with Crippen LogP contribution in [0.15, 0.2) is 114 Å². The zero-order valence-corrected chi connectivity index (χ0v) is 22.0. The Balaban J connectivity index is 1.37. The minimum absolute atomic E-state index is 0.0102. The number of rotatable bonds is 7. The molecule has 2 aliphatic heterocycles. The van der Waals surface area contributed by atoms with E-state index in [1.165, 1.54) is 47.5 Å². The molecule has 2 saturated heterocycles. The second-order valence-electron chi connectivity index (χ2n) is 9.37. The maximum absolute atomic E-state index is 13.7. The summed E-state index contributed by atoms with van der Waals surface area (Å²) in [6.07, 6.45) is -1.18. The summed E-state index contributed by atoms with van der Waals surface area (Å²) in [6.45, 7) is 0. The van der Waals surface area contributed by atoms with Crippen LogP contribution in [-0.2, 0) is 24.5 Å². The molecule has 0 aromatic heterocycles. The number of hydrogen-bond acceptors (Lipinski definition) is 9. The fourth-order valence-electron chi connectivity index (χ4n) is 5.03. The van der Waals surface area contributed by atoms with Crippen LogP contribution in [-0.4, -0.2) is 31.3 Å². The van der Waals surface area contributed by atoms with E-state index in [-0.39, 0.29) is 22.0 Å². The topological polar surface area (TPSA) is 136 Å². The lowest BCUT2D eigenvalue weighted by atomic mass is 9.90. The molecule has 0 unspecified atom stereocenters. The number of hydroxylamine groups is 1. The molecule has 206 valence electrons. The maximum Gasteiger partial charge on any atom is 0.339 e. The standard InChI is InChI=1S/C29H21N3O8S/c33-28-25-26(19-14-16-23(17-15-19)40-41(37,38)24-12-5-2-6-13-24)31(21-10-7-11-22(18-21)32(35)36)39-27(25)29(34)30(28)20-8-3-1-4-9-20/h1-18,25-27H/t25-,26-,27+/m1/s1. The second kappa shape index (κ2) is 10.2. The van der Waals surface area contributed by atoms with Gasteiger partial charge in [-0.1, -0.05) is 54.6 Å². The van der Waals surface area contributed by atoms with Gasteiger partial charge in [0.15, 0.2) is 6.10 Å². The van der Waals surface area contributed by atoms with E-state index >= 15 is 0 Å². The molecule has 2 amide bonds. The minimum Gasteiger partial charge on any atom is -0.379 e. The largest absolute Gasteiger partial charge is 0.379 e. The molecule has 6 rings (SSSR count). The average molecular weight is 572 g/mol. The summed E-state index contributed by atoms with van der Waals surface area (Å²) in [5, 5.41) is 12.8. The van der Waals surface area contributed by atoms with E-state index in [0.717, 1.165) is 4.90 Å². The van der Waals surface area contributed by atoms with Crippen molar-refractivity contribution in [1.29, 1.82) is 0 Å². The predicted octanol–water partition coefficient (Wildman–Crippen LogP) is 4.41. The monoisotopic (exact) mass is 571 g/mol. The third kappa shape index (κ3) is 4.68. The van der Waals surface area contributed by atoms with E-state index in [4.69, 9.17) is 9.02 Å². The molecule has 0 aliphatic carbocycles. The second-order valence-corrected chi connectivity index (χ2v) is 10.9. The van der Waals surface area contributed by atoms with Crippen LogP contribution in [0.1, 0.15) is 11.6 Å². The predicted molar refractivity (Wildman–Crippen MR) is 146 cm³/mol. The Labute approximate surface area is 234 Å². The SMILES string of the molecule is O=C1[C@H]2[C@H](ON(c3cccc([N+](=O)[O-])c3)[C@@H]2c2ccc(OS(=O)(=O)c3ccccc3)cc2)C(=O)N1c1ccccc1. The van der Waals surface area contributed by atoms with Crippen molar-refractivity contribution in [3.63, 3.8) is 0 Å². The Bertz CT molecular complexity index is 1750. The van der Waals surface area contributed by atoms with Crippen molar-refractivity contribution in [3.05, 3.63) is 125 Å². The first-order valence-electron chi connectivity index (χ1n) is 12.5. The van der Waals surface area contributed by atoms with Gasteiger partial charge >= 0.3 is 10.1 Å². The highest BCUT2D eigenvalue weighted by molar-refractivity contribution is 7.87. The molecule has 2 aliphatic rings. The molecule has 3 atom stereocenters. The molecule has 4 aromatic carbocycles. The summed E-state index contributed by atoms with van der Waals surface area (Å²) in [4.78, 5) is 45.2.